The summed E-state index contributed by atoms with van der Waals surface area (Å²) in [6.45, 7) is 12.1. The van der Waals surface area contributed by atoms with Crippen molar-refractivity contribution in [3.63, 3.8) is 0 Å². The Morgan fingerprint density at radius 1 is 1.27 bits per heavy atom. The summed E-state index contributed by atoms with van der Waals surface area (Å²) in [7, 11) is -3.68. The molecule has 0 radical (unpaired) electrons. The van der Waals surface area contributed by atoms with Gasteiger partial charge in [-0.2, -0.15) is 26.3 Å². The van der Waals surface area contributed by atoms with E-state index in [-0.39, 0.29) is 6.54 Å². The van der Waals surface area contributed by atoms with Gasteiger partial charge in [-0.15, -0.1) is 4.68 Å². The Morgan fingerprint density at radius 3 is 2.20 bits per heavy atom. The lowest BCUT2D eigenvalue weighted by Gasteiger charge is -2.15. The Bertz CT molecular complexity index is 1050. The van der Waals surface area contributed by atoms with Crippen LogP contribution in [0.5, 0.6) is 0 Å². The van der Waals surface area contributed by atoms with E-state index < -0.39 is 60.3 Å². The largest absolute Gasteiger partial charge is 0.474 e. The molecule has 0 saturated heterocycles. The SMILES string of the molecule is [C-]#[N+]c1nn(-c2c(Cl)cc(C(F)(F)F)cc2Cl)c(NCC(=C)C)c1S(=O)C(F)(F)F. The minimum Gasteiger partial charge on any atom is -0.365 e. The summed E-state index contributed by atoms with van der Waals surface area (Å²) < 4.78 is 90.9. The molecule has 162 valence electrons. The third-order valence-corrected chi connectivity index (χ3v) is 5.18. The van der Waals surface area contributed by atoms with Gasteiger partial charge in [0.1, 0.15) is 10.6 Å². The number of alkyl halides is 6. The number of nitrogens with one attached hydrogen (secondary N) is 1. The fourth-order valence-corrected chi connectivity index (χ4v) is 3.70. The fourth-order valence-electron chi connectivity index (χ4n) is 2.23. The van der Waals surface area contributed by atoms with Gasteiger partial charge in [-0.25, -0.2) is 4.21 Å². The van der Waals surface area contributed by atoms with Crippen molar-refractivity contribution in [3.05, 3.63) is 51.3 Å². The molecule has 0 bridgehead atoms. The zero-order valence-corrected chi connectivity index (χ0v) is 17.1. The Labute approximate surface area is 178 Å². The highest BCUT2D eigenvalue weighted by molar-refractivity contribution is 7.86. The smallest absolute Gasteiger partial charge is 0.365 e. The minimum absolute atomic E-state index is 0.124. The maximum absolute atomic E-state index is 13.1. The molecular formula is C16H10Cl2F6N4OS. The maximum atomic E-state index is 13.1. The van der Waals surface area contributed by atoms with Gasteiger partial charge in [-0.3, -0.25) is 0 Å². The number of hydrogen-bond acceptors (Lipinski definition) is 3. The molecule has 30 heavy (non-hydrogen) atoms. The van der Waals surface area contributed by atoms with Crippen LogP contribution < -0.4 is 5.32 Å². The summed E-state index contributed by atoms with van der Waals surface area (Å²) in [5, 5.41) is 4.96. The van der Waals surface area contributed by atoms with Gasteiger partial charge < -0.3 is 10.2 Å². The first-order valence-electron chi connectivity index (χ1n) is 7.62. The quantitative estimate of drug-likeness (QED) is 0.301. The fraction of sp³-hybridized carbons (Fsp3) is 0.250. The van der Waals surface area contributed by atoms with Gasteiger partial charge in [0, 0.05) is 6.54 Å². The minimum atomic E-state index is -5.24. The lowest BCUT2D eigenvalue weighted by molar-refractivity contribution is -0.137. The van der Waals surface area contributed by atoms with E-state index in [1.807, 2.05) is 0 Å². The molecule has 0 aliphatic rings. The Kier molecular flexibility index (Phi) is 6.80. The van der Waals surface area contributed by atoms with Gasteiger partial charge in [0.2, 0.25) is 0 Å². The predicted octanol–water partition coefficient (Wildman–Crippen LogP) is 6.36. The molecule has 0 saturated carbocycles. The lowest BCUT2D eigenvalue weighted by Crippen LogP contribution is -2.18. The summed E-state index contributed by atoms with van der Waals surface area (Å²) in [5.74, 6) is -1.45. The maximum Gasteiger partial charge on any atom is 0.474 e. The van der Waals surface area contributed by atoms with Crippen LogP contribution in [0.1, 0.15) is 12.5 Å². The summed E-state index contributed by atoms with van der Waals surface area (Å²) in [4.78, 5) is 1.84. The van der Waals surface area contributed by atoms with Gasteiger partial charge in [0.05, 0.1) is 15.6 Å². The molecule has 1 unspecified atom stereocenters. The predicted molar refractivity (Wildman–Crippen MR) is 101 cm³/mol. The van der Waals surface area contributed by atoms with Gasteiger partial charge in [-0.05, 0) is 24.2 Å². The third-order valence-electron chi connectivity index (χ3n) is 3.44. The molecule has 1 heterocycles. The number of aromatic nitrogens is 2. The van der Waals surface area contributed by atoms with E-state index in [9.17, 15) is 30.6 Å². The highest BCUT2D eigenvalue weighted by Crippen LogP contribution is 2.43. The van der Waals surface area contributed by atoms with Crippen LogP contribution in [-0.2, 0) is 17.0 Å². The van der Waals surface area contributed by atoms with Crippen LogP contribution in [0.25, 0.3) is 10.5 Å². The normalized spacial score (nSPS) is 13.1. The molecule has 0 aliphatic heterocycles. The Balaban J connectivity index is 2.84. The molecule has 14 heteroatoms. The van der Waals surface area contributed by atoms with Crippen LogP contribution in [0.15, 0.2) is 29.2 Å². The molecule has 1 aromatic heterocycles. The molecule has 2 aromatic rings. The molecule has 1 atom stereocenters. The van der Waals surface area contributed by atoms with E-state index in [4.69, 9.17) is 29.8 Å². The molecule has 1 N–H and O–H groups in total. The Hall–Kier alpha value is -2.23. The van der Waals surface area contributed by atoms with Crippen molar-refractivity contribution in [2.45, 2.75) is 23.5 Å². The number of halogens is 8. The van der Waals surface area contributed by atoms with Crippen molar-refractivity contribution in [2.75, 3.05) is 11.9 Å². The second kappa shape index (κ2) is 8.49. The first-order chi connectivity index (χ1) is 13.7. The lowest BCUT2D eigenvalue weighted by atomic mass is 10.2. The molecule has 5 nitrogen and oxygen atoms in total. The van der Waals surface area contributed by atoms with Gasteiger partial charge >= 0.3 is 17.5 Å². The van der Waals surface area contributed by atoms with Crippen molar-refractivity contribution < 1.29 is 30.6 Å². The van der Waals surface area contributed by atoms with E-state index >= 15 is 0 Å². The summed E-state index contributed by atoms with van der Waals surface area (Å²) >= 11 is 11.8. The highest BCUT2D eigenvalue weighted by atomic mass is 35.5. The first-order valence-corrected chi connectivity index (χ1v) is 9.53. The van der Waals surface area contributed by atoms with Gasteiger partial charge in [-0.1, -0.05) is 41.9 Å². The monoisotopic (exact) mass is 490 g/mol. The zero-order valence-electron chi connectivity index (χ0n) is 14.8. The average molecular weight is 491 g/mol. The van der Waals surface area contributed by atoms with Crippen molar-refractivity contribution in [3.8, 4) is 5.69 Å². The molecular weight excluding hydrogens is 481 g/mol. The van der Waals surface area contributed by atoms with Crippen LogP contribution in [0.4, 0.5) is 38.0 Å². The van der Waals surface area contributed by atoms with Crippen LogP contribution in [0, 0.1) is 6.57 Å². The zero-order chi connectivity index (χ0) is 23.0. The highest BCUT2D eigenvalue weighted by Gasteiger charge is 2.43. The van der Waals surface area contributed by atoms with Crippen LogP contribution in [0.3, 0.4) is 0 Å². The van der Waals surface area contributed by atoms with E-state index in [0.717, 1.165) is 0 Å². The second-order valence-corrected chi connectivity index (χ2v) is 8.06. The van der Waals surface area contributed by atoms with Crippen molar-refractivity contribution >= 4 is 45.6 Å². The second-order valence-electron chi connectivity index (χ2n) is 5.84. The van der Waals surface area contributed by atoms with E-state index in [2.05, 4.69) is 21.8 Å². The van der Waals surface area contributed by atoms with Gasteiger partial charge in [0.15, 0.2) is 16.6 Å². The van der Waals surface area contributed by atoms with E-state index in [0.29, 0.717) is 22.4 Å². The molecule has 1 aromatic carbocycles. The Morgan fingerprint density at radius 2 is 1.80 bits per heavy atom. The van der Waals surface area contributed by atoms with Crippen LogP contribution in [-0.4, -0.2) is 26.0 Å². The molecule has 2 rings (SSSR count). The number of hydrogen-bond donors (Lipinski definition) is 1. The first kappa shape index (κ1) is 24.0. The van der Waals surface area contributed by atoms with Crippen LogP contribution in [0.2, 0.25) is 10.0 Å². The molecule has 0 spiro atoms. The van der Waals surface area contributed by atoms with Crippen LogP contribution >= 0.6 is 23.2 Å². The third kappa shape index (κ3) is 4.91. The molecule has 0 amide bonds. The van der Waals surface area contributed by atoms with Crippen molar-refractivity contribution in [1.29, 1.82) is 0 Å². The topological polar surface area (TPSA) is 51.3 Å². The van der Waals surface area contributed by atoms with Gasteiger partial charge in [0.25, 0.3) is 0 Å². The number of nitrogens with zero attached hydrogens (tertiary/aromatic N) is 3. The van der Waals surface area contributed by atoms with E-state index in [1.165, 1.54) is 6.92 Å². The van der Waals surface area contributed by atoms with Crippen molar-refractivity contribution in [1.82, 2.24) is 9.78 Å². The standard InChI is InChI=1S/C16H10Cl2F6N4OS/c1-7(2)6-26-14-12(30(29)16(22,23)24)13(25-3)27-28(14)11-9(17)4-8(5-10(11)18)15(19,20)21/h4-5,26H,1,6H2,2H3. The number of rotatable bonds is 5. The van der Waals surface area contributed by atoms with Crippen molar-refractivity contribution in [2.24, 2.45) is 0 Å². The number of anilines is 1. The number of benzene rings is 1. The molecule has 0 aliphatic carbocycles. The molecule has 0 fully saturated rings. The summed E-state index contributed by atoms with van der Waals surface area (Å²) in [6.07, 6.45) is -4.79. The summed E-state index contributed by atoms with van der Waals surface area (Å²) in [5.41, 5.74) is -6.42. The average Bonchev–Trinajstić information content (AvgIpc) is 2.95. The van der Waals surface area contributed by atoms with E-state index in [1.54, 1.807) is 0 Å². The summed E-state index contributed by atoms with van der Waals surface area (Å²) in [6, 6.07) is 1.01.